The van der Waals surface area contributed by atoms with Crippen molar-refractivity contribution in [1.82, 2.24) is 25.1 Å². The van der Waals surface area contributed by atoms with Gasteiger partial charge in [0.05, 0.1) is 0 Å². The van der Waals surface area contributed by atoms with Crippen molar-refractivity contribution in [2.45, 2.75) is 32.4 Å². The van der Waals surface area contributed by atoms with Crippen LogP contribution in [0, 0.1) is 5.92 Å². The Labute approximate surface area is 191 Å². The first-order chi connectivity index (χ1) is 15.6. The van der Waals surface area contributed by atoms with Crippen molar-refractivity contribution < 1.29 is 14.3 Å². The fraction of sp³-hybridized carbons (Fsp3) is 0.667. The SMILES string of the molecule is CC(=O)OC(=O)C(N1CCNCC1)N1CCN(N2CCC(Cc3ccccc3)CC2)CC1. The van der Waals surface area contributed by atoms with Gasteiger partial charge in [-0.05, 0) is 30.7 Å². The first-order valence-corrected chi connectivity index (χ1v) is 12.0. The minimum atomic E-state index is -0.535. The maximum absolute atomic E-state index is 12.8. The number of nitrogens with one attached hydrogen (secondary N) is 1. The summed E-state index contributed by atoms with van der Waals surface area (Å²) in [4.78, 5) is 28.5. The molecule has 8 nitrogen and oxygen atoms in total. The molecule has 1 atom stereocenters. The molecule has 3 saturated heterocycles. The molecule has 0 bridgehead atoms. The van der Waals surface area contributed by atoms with E-state index in [9.17, 15) is 9.59 Å². The summed E-state index contributed by atoms with van der Waals surface area (Å²) in [7, 11) is 0. The number of nitrogens with zero attached hydrogens (tertiary/aromatic N) is 4. The van der Waals surface area contributed by atoms with Crippen LogP contribution >= 0.6 is 0 Å². The van der Waals surface area contributed by atoms with Crippen molar-refractivity contribution in [3.63, 3.8) is 0 Å². The molecule has 32 heavy (non-hydrogen) atoms. The lowest BCUT2D eigenvalue weighted by Gasteiger charge is -2.47. The number of ether oxygens (including phenoxy) is 1. The number of carbonyl (C=O) groups is 2. The number of hydrogen-bond donors (Lipinski definition) is 1. The summed E-state index contributed by atoms with van der Waals surface area (Å²) >= 11 is 0. The lowest BCUT2D eigenvalue weighted by Crippen LogP contribution is -2.64. The second-order valence-electron chi connectivity index (χ2n) is 9.15. The second-order valence-corrected chi connectivity index (χ2v) is 9.15. The molecule has 0 aliphatic carbocycles. The number of benzene rings is 1. The zero-order chi connectivity index (χ0) is 22.3. The van der Waals surface area contributed by atoms with Crippen LogP contribution in [0.4, 0.5) is 0 Å². The lowest BCUT2D eigenvalue weighted by molar-refractivity contribution is -0.170. The summed E-state index contributed by atoms with van der Waals surface area (Å²) in [5, 5.41) is 8.29. The smallest absolute Gasteiger partial charge is 0.346 e. The van der Waals surface area contributed by atoms with Gasteiger partial charge in [0, 0.05) is 72.4 Å². The molecule has 1 aromatic carbocycles. The van der Waals surface area contributed by atoms with Gasteiger partial charge in [0.25, 0.3) is 0 Å². The normalized spacial score (nSPS) is 23.7. The van der Waals surface area contributed by atoms with Gasteiger partial charge in [-0.3, -0.25) is 14.6 Å². The molecular formula is C24H37N5O3. The van der Waals surface area contributed by atoms with E-state index in [1.165, 1.54) is 31.7 Å². The van der Waals surface area contributed by atoms with Crippen LogP contribution in [0.2, 0.25) is 0 Å². The first-order valence-electron chi connectivity index (χ1n) is 12.0. The largest absolute Gasteiger partial charge is 0.391 e. The Morgan fingerprint density at radius 3 is 2.12 bits per heavy atom. The van der Waals surface area contributed by atoms with E-state index < -0.39 is 18.1 Å². The Kier molecular flexibility index (Phi) is 8.26. The number of esters is 2. The molecule has 0 saturated carbocycles. The van der Waals surface area contributed by atoms with Gasteiger partial charge in [0.15, 0.2) is 6.17 Å². The Bertz CT molecular complexity index is 739. The predicted molar refractivity (Wildman–Crippen MR) is 123 cm³/mol. The van der Waals surface area contributed by atoms with E-state index in [1.54, 1.807) is 0 Å². The van der Waals surface area contributed by atoms with Crippen LogP contribution in [0.1, 0.15) is 25.3 Å². The van der Waals surface area contributed by atoms with Crippen molar-refractivity contribution in [3.8, 4) is 0 Å². The van der Waals surface area contributed by atoms with E-state index in [0.717, 1.165) is 71.4 Å². The van der Waals surface area contributed by atoms with Gasteiger partial charge in [0.1, 0.15) is 0 Å². The van der Waals surface area contributed by atoms with Gasteiger partial charge in [0.2, 0.25) is 0 Å². The number of rotatable bonds is 6. The molecule has 0 amide bonds. The lowest BCUT2D eigenvalue weighted by atomic mass is 9.91. The molecule has 176 valence electrons. The number of hydrazine groups is 1. The fourth-order valence-corrected chi connectivity index (χ4v) is 5.24. The van der Waals surface area contributed by atoms with Crippen molar-refractivity contribution in [2.24, 2.45) is 5.92 Å². The van der Waals surface area contributed by atoms with E-state index in [-0.39, 0.29) is 0 Å². The molecule has 3 heterocycles. The number of carbonyl (C=O) groups excluding carboxylic acids is 2. The third-order valence-electron chi connectivity index (χ3n) is 6.95. The highest BCUT2D eigenvalue weighted by Gasteiger charge is 2.37. The third kappa shape index (κ3) is 6.14. The molecule has 0 aromatic heterocycles. The molecule has 0 spiro atoms. The Morgan fingerprint density at radius 2 is 1.50 bits per heavy atom. The van der Waals surface area contributed by atoms with Crippen LogP contribution < -0.4 is 5.32 Å². The Balaban J connectivity index is 1.27. The molecule has 3 aliphatic rings. The van der Waals surface area contributed by atoms with E-state index in [4.69, 9.17) is 4.74 Å². The molecule has 0 radical (unpaired) electrons. The molecule has 4 rings (SSSR count). The molecule has 1 N–H and O–H groups in total. The van der Waals surface area contributed by atoms with Crippen molar-refractivity contribution in [2.75, 3.05) is 65.4 Å². The summed E-state index contributed by atoms with van der Waals surface area (Å²) in [5.41, 5.74) is 1.44. The minimum Gasteiger partial charge on any atom is -0.391 e. The van der Waals surface area contributed by atoms with Crippen molar-refractivity contribution >= 4 is 11.9 Å². The molecule has 8 heteroatoms. The van der Waals surface area contributed by atoms with E-state index in [0.29, 0.717) is 0 Å². The Hall–Kier alpha value is -1.84. The van der Waals surface area contributed by atoms with Gasteiger partial charge in [-0.25, -0.2) is 14.8 Å². The van der Waals surface area contributed by atoms with Gasteiger partial charge in [-0.1, -0.05) is 30.3 Å². The summed E-state index contributed by atoms with van der Waals surface area (Å²) in [6, 6.07) is 10.8. The molecule has 1 aromatic rings. The zero-order valence-corrected chi connectivity index (χ0v) is 19.2. The molecule has 3 aliphatic heterocycles. The van der Waals surface area contributed by atoms with Crippen LogP contribution in [0.5, 0.6) is 0 Å². The summed E-state index contributed by atoms with van der Waals surface area (Å²) in [6.07, 6.45) is 3.15. The van der Waals surface area contributed by atoms with Gasteiger partial charge in [-0.15, -0.1) is 0 Å². The first kappa shape index (κ1) is 23.3. The molecule has 3 fully saturated rings. The van der Waals surface area contributed by atoms with Gasteiger partial charge in [-0.2, -0.15) is 0 Å². The molecule has 1 unspecified atom stereocenters. The van der Waals surface area contributed by atoms with Gasteiger partial charge < -0.3 is 10.1 Å². The highest BCUT2D eigenvalue weighted by atomic mass is 16.6. The predicted octanol–water partition coefficient (Wildman–Crippen LogP) is 0.795. The quantitative estimate of drug-likeness (QED) is 0.512. The molecular weight excluding hydrogens is 406 g/mol. The number of piperidine rings is 1. The van der Waals surface area contributed by atoms with E-state index >= 15 is 0 Å². The van der Waals surface area contributed by atoms with Crippen molar-refractivity contribution in [3.05, 3.63) is 35.9 Å². The topological polar surface area (TPSA) is 68.4 Å². The van der Waals surface area contributed by atoms with Crippen LogP contribution in [0.3, 0.4) is 0 Å². The van der Waals surface area contributed by atoms with Crippen molar-refractivity contribution in [1.29, 1.82) is 0 Å². The average molecular weight is 444 g/mol. The summed E-state index contributed by atoms with van der Waals surface area (Å²) < 4.78 is 5.02. The standard InChI is InChI=1S/C24H37N5O3/c1-20(30)32-24(31)23(26-13-9-25-10-14-26)27-15-17-29(18-16-27)28-11-7-22(8-12-28)19-21-5-3-2-4-6-21/h2-6,22-23,25H,7-19H2,1H3. The van der Waals surface area contributed by atoms with Crippen LogP contribution in [0.15, 0.2) is 30.3 Å². The number of hydrogen-bond acceptors (Lipinski definition) is 8. The maximum Gasteiger partial charge on any atom is 0.346 e. The highest BCUT2D eigenvalue weighted by Crippen LogP contribution is 2.24. The zero-order valence-electron chi connectivity index (χ0n) is 19.2. The maximum atomic E-state index is 12.8. The van der Waals surface area contributed by atoms with E-state index in [1.807, 2.05) is 0 Å². The van der Waals surface area contributed by atoms with Gasteiger partial charge >= 0.3 is 11.9 Å². The van der Waals surface area contributed by atoms with Crippen LogP contribution in [0.25, 0.3) is 0 Å². The minimum absolute atomic E-state index is 0.436. The van der Waals surface area contributed by atoms with E-state index in [2.05, 4.69) is 55.5 Å². The third-order valence-corrected chi connectivity index (χ3v) is 6.95. The van der Waals surface area contributed by atoms with Crippen LogP contribution in [-0.2, 0) is 20.7 Å². The summed E-state index contributed by atoms with van der Waals surface area (Å²) in [6.45, 7) is 10.2. The fourth-order valence-electron chi connectivity index (χ4n) is 5.24. The highest BCUT2D eigenvalue weighted by molar-refractivity contribution is 5.87. The number of piperazine rings is 2. The Morgan fingerprint density at radius 1 is 0.906 bits per heavy atom. The monoisotopic (exact) mass is 443 g/mol. The average Bonchev–Trinajstić information content (AvgIpc) is 2.81. The summed E-state index contributed by atoms with van der Waals surface area (Å²) in [5.74, 6) is -0.213. The van der Waals surface area contributed by atoms with Crippen LogP contribution in [-0.4, -0.2) is 103 Å². The second kappa shape index (κ2) is 11.3.